The highest BCUT2D eigenvalue weighted by atomic mass is 16.5. The molecule has 124 valence electrons. The molecule has 0 saturated heterocycles. The monoisotopic (exact) mass is 302 g/mol. The maximum absolute atomic E-state index is 11.5. The number of aliphatic carboxylic acids is 1. The van der Waals surface area contributed by atoms with Crippen LogP contribution in [0.1, 0.15) is 32.6 Å². The van der Waals surface area contributed by atoms with Gasteiger partial charge in [0.25, 0.3) is 0 Å². The Balaban J connectivity index is 2.44. The molecule has 1 fully saturated rings. The van der Waals surface area contributed by atoms with E-state index in [4.69, 9.17) is 9.47 Å². The number of hydrogen-bond donors (Lipinski definition) is 2. The molecule has 0 heterocycles. The van der Waals surface area contributed by atoms with Crippen molar-refractivity contribution < 1.29 is 19.4 Å². The van der Waals surface area contributed by atoms with Crippen molar-refractivity contribution in [1.29, 1.82) is 0 Å². The number of carboxylic acids is 1. The van der Waals surface area contributed by atoms with Gasteiger partial charge in [0, 0.05) is 46.5 Å². The van der Waals surface area contributed by atoms with Gasteiger partial charge in [-0.25, -0.2) is 0 Å². The molecule has 6 heteroatoms. The van der Waals surface area contributed by atoms with Gasteiger partial charge in [-0.1, -0.05) is 0 Å². The van der Waals surface area contributed by atoms with Crippen molar-refractivity contribution in [1.82, 2.24) is 10.2 Å². The van der Waals surface area contributed by atoms with E-state index in [-0.39, 0.29) is 0 Å². The first-order chi connectivity index (χ1) is 10.0. The van der Waals surface area contributed by atoms with Gasteiger partial charge in [0.1, 0.15) is 5.54 Å². The van der Waals surface area contributed by atoms with Gasteiger partial charge < -0.3 is 19.5 Å². The highest BCUT2D eigenvalue weighted by molar-refractivity contribution is 5.78. The lowest BCUT2D eigenvalue weighted by molar-refractivity contribution is -0.144. The minimum absolute atomic E-state index is 0.381. The number of nitrogens with one attached hydrogen (secondary N) is 1. The normalized spacial score (nSPS) is 17.9. The zero-order valence-corrected chi connectivity index (χ0v) is 13.6. The summed E-state index contributed by atoms with van der Waals surface area (Å²) in [6.45, 7) is 5.63. The van der Waals surface area contributed by atoms with Crippen molar-refractivity contribution in [2.45, 2.75) is 44.2 Å². The molecule has 0 aromatic carbocycles. The zero-order valence-electron chi connectivity index (χ0n) is 13.6. The lowest BCUT2D eigenvalue weighted by Crippen LogP contribution is -2.52. The molecule has 0 spiro atoms. The van der Waals surface area contributed by atoms with Gasteiger partial charge in [0.15, 0.2) is 0 Å². The molecule has 1 aliphatic rings. The molecule has 1 atom stereocenters. The SMILES string of the molecule is COCCCN(CCOC)CCC(C)(NC1CC1)C(=O)O. The van der Waals surface area contributed by atoms with Gasteiger partial charge in [0.2, 0.25) is 0 Å². The molecule has 1 unspecified atom stereocenters. The lowest BCUT2D eigenvalue weighted by Gasteiger charge is -2.30. The summed E-state index contributed by atoms with van der Waals surface area (Å²) in [5, 5.41) is 12.7. The number of carbonyl (C=O) groups is 1. The minimum Gasteiger partial charge on any atom is -0.480 e. The molecule has 6 nitrogen and oxygen atoms in total. The highest BCUT2D eigenvalue weighted by Crippen LogP contribution is 2.24. The molecule has 0 aromatic rings. The van der Waals surface area contributed by atoms with Crippen LogP contribution in [0, 0.1) is 0 Å². The quantitative estimate of drug-likeness (QED) is 0.494. The van der Waals surface area contributed by atoms with Crippen LogP contribution in [0.4, 0.5) is 0 Å². The van der Waals surface area contributed by atoms with Crippen molar-refractivity contribution >= 4 is 5.97 Å². The predicted octanol–water partition coefficient (Wildman–Crippen LogP) is 0.957. The third kappa shape index (κ3) is 7.22. The smallest absolute Gasteiger partial charge is 0.323 e. The first-order valence-corrected chi connectivity index (χ1v) is 7.73. The van der Waals surface area contributed by atoms with Crippen LogP contribution in [0.25, 0.3) is 0 Å². The summed E-state index contributed by atoms with van der Waals surface area (Å²) in [5.41, 5.74) is -0.840. The molecule has 0 aliphatic heterocycles. The fourth-order valence-electron chi connectivity index (χ4n) is 2.29. The van der Waals surface area contributed by atoms with E-state index in [0.29, 0.717) is 19.1 Å². The second-order valence-electron chi connectivity index (χ2n) is 5.99. The third-order valence-electron chi connectivity index (χ3n) is 3.93. The van der Waals surface area contributed by atoms with Crippen LogP contribution in [0.3, 0.4) is 0 Å². The summed E-state index contributed by atoms with van der Waals surface area (Å²) >= 11 is 0. The Labute approximate surface area is 127 Å². The van der Waals surface area contributed by atoms with Crippen molar-refractivity contribution in [3.63, 3.8) is 0 Å². The van der Waals surface area contributed by atoms with Crippen LogP contribution in [-0.2, 0) is 14.3 Å². The van der Waals surface area contributed by atoms with Gasteiger partial charge in [-0.05, 0) is 32.6 Å². The number of nitrogens with zero attached hydrogens (tertiary/aromatic N) is 1. The standard InChI is InChI=1S/C15H30N2O4/c1-15(14(18)19,16-13-5-6-13)7-9-17(10-12-21-3)8-4-11-20-2/h13,16H,4-12H2,1-3H3,(H,18,19). The van der Waals surface area contributed by atoms with E-state index in [0.717, 1.165) is 45.5 Å². The van der Waals surface area contributed by atoms with E-state index in [1.807, 2.05) is 0 Å². The number of methoxy groups -OCH3 is 2. The van der Waals surface area contributed by atoms with E-state index in [1.54, 1.807) is 21.1 Å². The summed E-state index contributed by atoms with van der Waals surface area (Å²) in [5.74, 6) is -0.766. The topological polar surface area (TPSA) is 71.0 Å². The van der Waals surface area contributed by atoms with Crippen molar-refractivity contribution in [3.05, 3.63) is 0 Å². The van der Waals surface area contributed by atoms with E-state index >= 15 is 0 Å². The Morgan fingerprint density at radius 1 is 1.24 bits per heavy atom. The number of carboxylic acid groups (broad SMARTS) is 1. The molecule has 2 N–H and O–H groups in total. The van der Waals surface area contributed by atoms with Crippen LogP contribution >= 0.6 is 0 Å². The van der Waals surface area contributed by atoms with Crippen molar-refractivity contribution in [2.75, 3.05) is 47.1 Å². The molecule has 0 bridgehead atoms. The summed E-state index contributed by atoms with van der Waals surface area (Å²) in [7, 11) is 3.38. The number of rotatable bonds is 13. The van der Waals surface area contributed by atoms with Gasteiger partial charge in [-0.2, -0.15) is 0 Å². The summed E-state index contributed by atoms with van der Waals surface area (Å²) in [6, 6.07) is 0.381. The Morgan fingerprint density at radius 2 is 1.90 bits per heavy atom. The predicted molar refractivity (Wildman–Crippen MR) is 81.6 cm³/mol. The molecule has 0 radical (unpaired) electrons. The number of ether oxygens (including phenoxy) is 2. The largest absolute Gasteiger partial charge is 0.480 e. The van der Waals surface area contributed by atoms with E-state index < -0.39 is 11.5 Å². The second-order valence-corrected chi connectivity index (χ2v) is 5.99. The third-order valence-corrected chi connectivity index (χ3v) is 3.93. The molecule has 0 aromatic heterocycles. The maximum Gasteiger partial charge on any atom is 0.323 e. The van der Waals surface area contributed by atoms with Crippen LogP contribution in [-0.4, -0.2) is 74.6 Å². The molecule has 21 heavy (non-hydrogen) atoms. The Bertz CT molecular complexity index is 310. The van der Waals surface area contributed by atoms with Crippen LogP contribution in [0.15, 0.2) is 0 Å². The lowest BCUT2D eigenvalue weighted by atomic mass is 9.97. The molecular formula is C15H30N2O4. The Kier molecular flexibility index (Phi) is 8.18. The van der Waals surface area contributed by atoms with Crippen molar-refractivity contribution in [3.8, 4) is 0 Å². The minimum atomic E-state index is -0.840. The van der Waals surface area contributed by atoms with Gasteiger partial charge in [-0.3, -0.25) is 10.1 Å². The molecular weight excluding hydrogens is 272 g/mol. The molecule has 0 amide bonds. The first-order valence-electron chi connectivity index (χ1n) is 7.73. The zero-order chi connectivity index (χ0) is 15.7. The Morgan fingerprint density at radius 3 is 2.43 bits per heavy atom. The van der Waals surface area contributed by atoms with Crippen LogP contribution in [0.2, 0.25) is 0 Å². The highest BCUT2D eigenvalue weighted by Gasteiger charge is 2.38. The second kappa shape index (κ2) is 9.35. The van der Waals surface area contributed by atoms with Gasteiger partial charge in [0.05, 0.1) is 6.61 Å². The van der Waals surface area contributed by atoms with Gasteiger partial charge in [-0.15, -0.1) is 0 Å². The number of hydrogen-bond acceptors (Lipinski definition) is 5. The molecule has 1 aliphatic carbocycles. The van der Waals surface area contributed by atoms with Gasteiger partial charge >= 0.3 is 5.97 Å². The van der Waals surface area contributed by atoms with Crippen LogP contribution in [0.5, 0.6) is 0 Å². The van der Waals surface area contributed by atoms with E-state index in [1.165, 1.54) is 0 Å². The molecule has 1 rings (SSSR count). The fourth-order valence-corrected chi connectivity index (χ4v) is 2.29. The first kappa shape index (κ1) is 18.4. The summed E-state index contributed by atoms with van der Waals surface area (Å²) in [6.07, 6.45) is 3.71. The molecule has 1 saturated carbocycles. The summed E-state index contributed by atoms with van der Waals surface area (Å²) < 4.78 is 10.2. The van der Waals surface area contributed by atoms with Crippen molar-refractivity contribution in [2.24, 2.45) is 0 Å². The van der Waals surface area contributed by atoms with E-state index in [9.17, 15) is 9.90 Å². The average Bonchev–Trinajstić information content (AvgIpc) is 3.25. The summed E-state index contributed by atoms with van der Waals surface area (Å²) in [4.78, 5) is 13.8. The fraction of sp³-hybridized carbons (Fsp3) is 0.933. The maximum atomic E-state index is 11.5. The van der Waals surface area contributed by atoms with Crippen LogP contribution < -0.4 is 5.32 Å². The Hall–Kier alpha value is -0.690. The van der Waals surface area contributed by atoms with E-state index in [2.05, 4.69) is 10.2 Å². The average molecular weight is 302 g/mol.